The van der Waals surface area contributed by atoms with Gasteiger partial charge in [0.15, 0.2) is 0 Å². The van der Waals surface area contributed by atoms with Gasteiger partial charge < -0.3 is 4.90 Å². The molecule has 1 aliphatic rings. The second kappa shape index (κ2) is 4.85. The number of piperazine rings is 1. The van der Waals surface area contributed by atoms with Gasteiger partial charge in [-0.05, 0) is 19.8 Å². The molecule has 0 saturated carbocycles. The van der Waals surface area contributed by atoms with E-state index in [-0.39, 0.29) is 18.4 Å². The monoisotopic (exact) mass is 240 g/mol. The van der Waals surface area contributed by atoms with Crippen molar-refractivity contribution in [2.45, 2.75) is 46.1 Å². The first kappa shape index (κ1) is 13.7. The number of carbonyl (C=O) groups excluding carboxylic acids is 3. The molecule has 1 atom stereocenters. The minimum Gasteiger partial charge on any atom is -0.319 e. The molecule has 1 heterocycles. The van der Waals surface area contributed by atoms with E-state index < -0.39 is 17.4 Å². The Bertz CT molecular complexity index is 350. The predicted octanol–water partition coefficient (Wildman–Crippen LogP) is 0.686. The van der Waals surface area contributed by atoms with Crippen molar-refractivity contribution in [3.05, 3.63) is 0 Å². The first-order valence-electron chi connectivity index (χ1n) is 5.93. The second-order valence-electron chi connectivity index (χ2n) is 5.13. The van der Waals surface area contributed by atoms with Crippen LogP contribution < -0.4 is 5.32 Å². The van der Waals surface area contributed by atoms with Gasteiger partial charge in [0.2, 0.25) is 11.8 Å². The third-order valence-corrected chi connectivity index (χ3v) is 3.31. The Morgan fingerprint density at radius 1 is 1.47 bits per heavy atom. The maximum Gasteiger partial charge on any atom is 0.252 e. The van der Waals surface area contributed by atoms with Crippen LogP contribution in [0.4, 0.5) is 0 Å². The van der Waals surface area contributed by atoms with E-state index in [1.165, 1.54) is 4.90 Å². The summed E-state index contributed by atoms with van der Waals surface area (Å²) >= 11 is 0. The number of rotatable bonds is 3. The molecule has 1 aliphatic heterocycles. The maximum atomic E-state index is 12.1. The smallest absolute Gasteiger partial charge is 0.252 e. The zero-order valence-electron chi connectivity index (χ0n) is 10.9. The van der Waals surface area contributed by atoms with Crippen molar-refractivity contribution in [1.82, 2.24) is 10.2 Å². The SMILES string of the molecule is CCC(C)CC(=O)N1CC(=O)NC(=O)C1(C)C. The van der Waals surface area contributed by atoms with Crippen LogP contribution in [0.25, 0.3) is 0 Å². The van der Waals surface area contributed by atoms with E-state index >= 15 is 0 Å². The molecule has 0 aliphatic carbocycles. The van der Waals surface area contributed by atoms with E-state index in [0.717, 1.165) is 6.42 Å². The van der Waals surface area contributed by atoms with Crippen LogP contribution in [0.15, 0.2) is 0 Å². The zero-order chi connectivity index (χ0) is 13.2. The predicted molar refractivity (Wildman–Crippen MR) is 63.0 cm³/mol. The Labute approximate surface area is 102 Å². The molecule has 17 heavy (non-hydrogen) atoms. The Morgan fingerprint density at radius 2 is 2.06 bits per heavy atom. The van der Waals surface area contributed by atoms with Crippen LogP contribution in [0.3, 0.4) is 0 Å². The fourth-order valence-corrected chi connectivity index (χ4v) is 1.74. The average Bonchev–Trinajstić information content (AvgIpc) is 2.23. The summed E-state index contributed by atoms with van der Waals surface area (Å²) in [6.07, 6.45) is 1.28. The third kappa shape index (κ3) is 2.84. The van der Waals surface area contributed by atoms with Crippen LogP contribution in [0.2, 0.25) is 0 Å². The van der Waals surface area contributed by atoms with E-state index in [1.807, 2.05) is 13.8 Å². The van der Waals surface area contributed by atoms with Gasteiger partial charge in [0.05, 0.1) is 0 Å². The van der Waals surface area contributed by atoms with Gasteiger partial charge in [-0.25, -0.2) is 0 Å². The van der Waals surface area contributed by atoms with Gasteiger partial charge in [0, 0.05) is 6.42 Å². The molecule has 0 radical (unpaired) electrons. The number of nitrogens with one attached hydrogen (secondary N) is 1. The lowest BCUT2D eigenvalue weighted by Gasteiger charge is -2.40. The molecule has 0 bridgehead atoms. The van der Waals surface area contributed by atoms with E-state index in [4.69, 9.17) is 0 Å². The zero-order valence-corrected chi connectivity index (χ0v) is 10.9. The highest BCUT2D eigenvalue weighted by molar-refractivity contribution is 6.06. The Morgan fingerprint density at radius 3 is 2.59 bits per heavy atom. The van der Waals surface area contributed by atoms with Gasteiger partial charge in [0.25, 0.3) is 5.91 Å². The summed E-state index contributed by atoms with van der Waals surface area (Å²) in [4.78, 5) is 36.4. The Hall–Kier alpha value is -1.39. The van der Waals surface area contributed by atoms with Gasteiger partial charge in [-0.2, -0.15) is 0 Å². The minimum atomic E-state index is -0.946. The van der Waals surface area contributed by atoms with Crippen molar-refractivity contribution in [1.29, 1.82) is 0 Å². The van der Waals surface area contributed by atoms with Crippen LogP contribution in [-0.2, 0) is 14.4 Å². The molecule has 1 unspecified atom stereocenters. The lowest BCUT2D eigenvalue weighted by Crippen LogP contribution is -2.65. The van der Waals surface area contributed by atoms with Crippen molar-refractivity contribution in [2.24, 2.45) is 5.92 Å². The first-order valence-corrected chi connectivity index (χ1v) is 5.93. The minimum absolute atomic E-state index is 0.0337. The molecule has 5 heteroatoms. The molecular weight excluding hydrogens is 220 g/mol. The number of hydrogen-bond acceptors (Lipinski definition) is 3. The Balaban J connectivity index is 2.83. The standard InChI is InChI=1S/C12H20N2O3/c1-5-8(2)6-10(16)14-7-9(15)13-11(17)12(14,3)4/h8H,5-7H2,1-4H3,(H,13,15,17). The van der Waals surface area contributed by atoms with Crippen molar-refractivity contribution >= 4 is 17.7 Å². The molecule has 3 amide bonds. The molecule has 96 valence electrons. The number of nitrogens with zero attached hydrogens (tertiary/aromatic N) is 1. The number of carbonyl (C=O) groups is 3. The maximum absolute atomic E-state index is 12.1. The molecular formula is C12H20N2O3. The van der Waals surface area contributed by atoms with Crippen molar-refractivity contribution < 1.29 is 14.4 Å². The number of amides is 3. The summed E-state index contributed by atoms with van der Waals surface area (Å²) in [6, 6.07) is 0. The van der Waals surface area contributed by atoms with E-state index in [2.05, 4.69) is 5.32 Å². The molecule has 0 aromatic carbocycles. The third-order valence-electron chi connectivity index (χ3n) is 3.31. The fraction of sp³-hybridized carbons (Fsp3) is 0.750. The van der Waals surface area contributed by atoms with Crippen LogP contribution in [-0.4, -0.2) is 34.7 Å². The molecule has 0 aromatic rings. The summed E-state index contributed by atoms with van der Waals surface area (Å²) in [7, 11) is 0. The van der Waals surface area contributed by atoms with Crippen LogP contribution in [0, 0.1) is 5.92 Å². The van der Waals surface area contributed by atoms with E-state index in [1.54, 1.807) is 13.8 Å². The summed E-state index contributed by atoms with van der Waals surface area (Å²) in [5.41, 5.74) is -0.946. The fourth-order valence-electron chi connectivity index (χ4n) is 1.74. The van der Waals surface area contributed by atoms with Crippen molar-refractivity contribution in [3.8, 4) is 0 Å². The van der Waals surface area contributed by atoms with Crippen LogP contribution >= 0.6 is 0 Å². The van der Waals surface area contributed by atoms with Crippen LogP contribution in [0.1, 0.15) is 40.5 Å². The summed E-state index contributed by atoms with van der Waals surface area (Å²) in [5, 5.41) is 2.25. The molecule has 1 fully saturated rings. The average molecular weight is 240 g/mol. The normalized spacial score (nSPS) is 21.1. The van der Waals surface area contributed by atoms with Crippen molar-refractivity contribution in [3.63, 3.8) is 0 Å². The van der Waals surface area contributed by atoms with Crippen molar-refractivity contribution in [2.75, 3.05) is 6.54 Å². The van der Waals surface area contributed by atoms with Gasteiger partial charge in [-0.3, -0.25) is 19.7 Å². The van der Waals surface area contributed by atoms with Gasteiger partial charge in [-0.1, -0.05) is 20.3 Å². The molecule has 0 spiro atoms. The topological polar surface area (TPSA) is 66.5 Å². The quantitative estimate of drug-likeness (QED) is 0.738. The molecule has 1 saturated heterocycles. The van der Waals surface area contributed by atoms with Crippen LogP contribution in [0.5, 0.6) is 0 Å². The molecule has 1 N–H and O–H groups in total. The van der Waals surface area contributed by atoms with Gasteiger partial charge in [0.1, 0.15) is 12.1 Å². The summed E-state index contributed by atoms with van der Waals surface area (Å²) in [5.74, 6) is -0.691. The highest BCUT2D eigenvalue weighted by atomic mass is 16.2. The second-order valence-corrected chi connectivity index (χ2v) is 5.13. The Kier molecular flexibility index (Phi) is 3.91. The van der Waals surface area contributed by atoms with Gasteiger partial charge >= 0.3 is 0 Å². The van der Waals surface area contributed by atoms with Gasteiger partial charge in [-0.15, -0.1) is 0 Å². The molecule has 0 aromatic heterocycles. The summed E-state index contributed by atoms with van der Waals surface area (Å²) < 4.78 is 0. The van der Waals surface area contributed by atoms with E-state index in [0.29, 0.717) is 6.42 Å². The highest BCUT2D eigenvalue weighted by Gasteiger charge is 2.43. The lowest BCUT2D eigenvalue weighted by molar-refractivity contribution is -0.156. The molecule has 1 rings (SSSR count). The number of hydrogen-bond donors (Lipinski definition) is 1. The molecule has 5 nitrogen and oxygen atoms in total. The number of imide groups is 1. The first-order chi connectivity index (χ1) is 7.78. The highest BCUT2D eigenvalue weighted by Crippen LogP contribution is 2.21. The lowest BCUT2D eigenvalue weighted by atomic mass is 9.96. The largest absolute Gasteiger partial charge is 0.319 e. The van der Waals surface area contributed by atoms with E-state index in [9.17, 15) is 14.4 Å². The summed E-state index contributed by atoms with van der Waals surface area (Å²) in [6.45, 7) is 7.27.